The number of anilines is 1. The lowest BCUT2D eigenvalue weighted by atomic mass is 10.1. The van der Waals surface area contributed by atoms with Crippen molar-refractivity contribution in [2.24, 2.45) is 0 Å². The first-order valence-corrected chi connectivity index (χ1v) is 7.61. The van der Waals surface area contributed by atoms with Gasteiger partial charge in [-0.2, -0.15) is 5.26 Å². The van der Waals surface area contributed by atoms with Gasteiger partial charge >= 0.3 is 0 Å². The Morgan fingerprint density at radius 1 is 1.35 bits per heavy atom. The van der Waals surface area contributed by atoms with E-state index in [1.165, 1.54) is 6.20 Å². The molecule has 0 N–H and O–H groups in total. The number of aromatic nitrogens is 2. The SMILES string of the molecule is CC1CN(c2cc(C#N)ccn2)CCN1Cc1ccncc1F. The molecule has 1 atom stereocenters. The van der Waals surface area contributed by atoms with Gasteiger partial charge in [0.1, 0.15) is 11.6 Å². The molecule has 6 heteroatoms. The maximum absolute atomic E-state index is 13.8. The maximum Gasteiger partial charge on any atom is 0.145 e. The topological polar surface area (TPSA) is 56.1 Å². The summed E-state index contributed by atoms with van der Waals surface area (Å²) in [5, 5.41) is 9.00. The number of halogens is 1. The Hall–Kier alpha value is -2.52. The number of piperazine rings is 1. The lowest BCUT2D eigenvalue weighted by molar-refractivity contribution is 0.178. The largest absolute Gasteiger partial charge is 0.354 e. The third-order valence-corrected chi connectivity index (χ3v) is 4.19. The Bertz CT molecular complexity index is 727. The van der Waals surface area contributed by atoms with E-state index in [-0.39, 0.29) is 11.9 Å². The fourth-order valence-electron chi connectivity index (χ4n) is 2.85. The molecule has 0 aliphatic carbocycles. The molecule has 1 aliphatic rings. The van der Waals surface area contributed by atoms with Gasteiger partial charge < -0.3 is 4.90 Å². The molecule has 3 heterocycles. The number of pyridine rings is 2. The first-order valence-electron chi connectivity index (χ1n) is 7.61. The molecule has 3 rings (SSSR count). The van der Waals surface area contributed by atoms with Gasteiger partial charge in [0.15, 0.2) is 0 Å². The minimum atomic E-state index is -0.259. The highest BCUT2D eigenvalue weighted by Crippen LogP contribution is 2.20. The molecule has 1 saturated heterocycles. The van der Waals surface area contributed by atoms with Crippen molar-refractivity contribution in [1.82, 2.24) is 14.9 Å². The number of rotatable bonds is 3. The minimum Gasteiger partial charge on any atom is -0.354 e. The molecule has 0 saturated carbocycles. The summed E-state index contributed by atoms with van der Waals surface area (Å²) in [6.07, 6.45) is 4.54. The van der Waals surface area contributed by atoms with Crippen LogP contribution in [0.4, 0.5) is 10.2 Å². The molecule has 0 amide bonds. The molecule has 0 spiro atoms. The predicted molar refractivity (Wildman–Crippen MR) is 85.2 cm³/mol. The molecule has 1 unspecified atom stereocenters. The van der Waals surface area contributed by atoms with Crippen LogP contribution in [0.15, 0.2) is 36.8 Å². The number of nitrogens with zero attached hydrogens (tertiary/aromatic N) is 5. The van der Waals surface area contributed by atoms with Gasteiger partial charge in [-0.3, -0.25) is 9.88 Å². The summed E-state index contributed by atoms with van der Waals surface area (Å²) in [6.45, 7) is 5.13. The lowest BCUT2D eigenvalue weighted by Gasteiger charge is -2.40. The van der Waals surface area contributed by atoms with E-state index in [0.717, 1.165) is 25.5 Å². The molecule has 23 heavy (non-hydrogen) atoms. The highest BCUT2D eigenvalue weighted by Gasteiger charge is 2.25. The van der Waals surface area contributed by atoms with Crippen LogP contribution in [0.25, 0.3) is 0 Å². The van der Waals surface area contributed by atoms with Crippen molar-refractivity contribution < 1.29 is 4.39 Å². The Kier molecular flexibility index (Phi) is 4.49. The van der Waals surface area contributed by atoms with E-state index in [9.17, 15) is 4.39 Å². The van der Waals surface area contributed by atoms with E-state index in [1.807, 2.05) is 6.07 Å². The smallest absolute Gasteiger partial charge is 0.145 e. The Balaban J connectivity index is 1.68. The van der Waals surface area contributed by atoms with Crippen molar-refractivity contribution in [2.75, 3.05) is 24.5 Å². The van der Waals surface area contributed by atoms with E-state index >= 15 is 0 Å². The lowest BCUT2D eigenvalue weighted by Crippen LogP contribution is -2.51. The summed E-state index contributed by atoms with van der Waals surface area (Å²) in [4.78, 5) is 12.6. The Labute approximate surface area is 135 Å². The van der Waals surface area contributed by atoms with Crippen molar-refractivity contribution >= 4 is 5.82 Å². The molecule has 2 aromatic rings. The second-order valence-corrected chi connectivity index (χ2v) is 5.75. The third kappa shape index (κ3) is 3.46. The summed E-state index contributed by atoms with van der Waals surface area (Å²) >= 11 is 0. The monoisotopic (exact) mass is 311 g/mol. The summed E-state index contributed by atoms with van der Waals surface area (Å²) in [7, 11) is 0. The third-order valence-electron chi connectivity index (χ3n) is 4.19. The van der Waals surface area contributed by atoms with E-state index < -0.39 is 0 Å². The van der Waals surface area contributed by atoms with Gasteiger partial charge in [-0.25, -0.2) is 9.37 Å². The predicted octanol–water partition coefficient (Wildman–Crippen LogP) is 2.20. The fourth-order valence-corrected chi connectivity index (χ4v) is 2.85. The molecule has 0 aromatic carbocycles. The molecule has 0 radical (unpaired) electrons. The van der Waals surface area contributed by atoms with Crippen LogP contribution < -0.4 is 4.90 Å². The summed E-state index contributed by atoms with van der Waals surface area (Å²) < 4.78 is 13.8. The summed E-state index contributed by atoms with van der Waals surface area (Å²) in [5.74, 6) is 0.566. The van der Waals surface area contributed by atoms with Gasteiger partial charge in [-0.05, 0) is 25.1 Å². The highest BCUT2D eigenvalue weighted by atomic mass is 19.1. The van der Waals surface area contributed by atoms with Crippen molar-refractivity contribution in [3.63, 3.8) is 0 Å². The van der Waals surface area contributed by atoms with E-state index in [0.29, 0.717) is 17.7 Å². The quantitative estimate of drug-likeness (QED) is 0.870. The van der Waals surface area contributed by atoms with Crippen molar-refractivity contribution in [2.45, 2.75) is 19.5 Å². The van der Waals surface area contributed by atoms with Gasteiger partial charge in [-0.15, -0.1) is 0 Å². The van der Waals surface area contributed by atoms with E-state index in [1.54, 1.807) is 24.5 Å². The second kappa shape index (κ2) is 6.71. The first kappa shape index (κ1) is 15.4. The molecule has 5 nitrogen and oxygen atoms in total. The second-order valence-electron chi connectivity index (χ2n) is 5.75. The number of hydrogen-bond acceptors (Lipinski definition) is 5. The van der Waals surface area contributed by atoms with Crippen molar-refractivity contribution in [1.29, 1.82) is 5.26 Å². The zero-order chi connectivity index (χ0) is 16.2. The Morgan fingerprint density at radius 3 is 2.96 bits per heavy atom. The van der Waals surface area contributed by atoms with Gasteiger partial charge in [-0.1, -0.05) is 0 Å². The highest BCUT2D eigenvalue weighted by molar-refractivity contribution is 5.45. The fraction of sp³-hybridized carbons (Fsp3) is 0.353. The first-order chi connectivity index (χ1) is 11.2. The van der Waals surface area contributed by atoms with Crippen LogP contribution in [-0.4, -0.2) is 40.5 Å². The maximum atomic E-state index is 13.8. The zero-order valence-electron chi connectivity index (χ0n) is 13.0. The Morgan fingerprint density at radius 2 is 2.22 bits per heavy atom. The normalized spacial score (nSPS) is 18.7. The van der Waals surface area contributed by atoms with Crippen LogP contribution in [0.1, 0.15) is 18.1 Å². The number of nitriles is 1. The van der Waals surface area contributed by atoms with Crippen LogP contribution in [-0.2, 0) is 6.54 Å². The minimum absolute atomic E-state index is 0.259. The van der Waals surface area contributed by atoms with Crippen LogP contribution in [0.2, 0.25) is 0 Å². The van der Waals surface area contributed by atoms with Crippen molar-refractivity contribution in [3.05, 3.63) is 53.7 Å². The van der Waals surface area contributed by atoms with E-state index in [4.69, 9.17) is 5.26 Å². The molecule has 1 fully saturated rings. The zero-order valence-corrected chi connectivity index (χ0v) is 13.0. The van der Waals surface area contributed by atoms with Crippen LogP contribution in [0.3, 0.4) is 0 Å². The molecule has 118 valence electrons. The summed E-state index contributed by atoms with van der Waals surface area (Å²) in [6, 6.07) is 7.65. The molecule has 0 bridgehead atoms. The average molecular weight is 311 g/mol. The number of hydrogen-bond donors (Lipinski definition) is 0. The van der Waals surface area contributed by atoms with Gasteiger partial charge in [0.2, 0.25) is 0 Å². The van der Waals surface area contributed by atoms with Crippen LogP contribution in [0, 0.1) is 17.1 Å². The van der Waals surface area contributed by atoms with Gasteiger partial charge in [0.25, 0.3) is 0 Å². The van der Waals surface area contributed by atoms with Gasteiger partial charge in [0, 0.05) is 50.2 Å². The van der Waals surface area contributed by atoms with E-state index in [2.05, 4.69) is 32.8 Å². The molecule has 2 aromatic heterocycles. The van der Waals surface area contributed by atoms with Crippen LogP contribution >= 0.6 is 0 Å². The molecular formula is C17H18FN5. The summed E-state index contributed by atoms with van der Waals surface area (Å²) in [5.41, 5.74) is 1.29. The molecular weight excluding hydrogens is 293 g/mol. The molecule has 1 aliphatic heterocycles. The average Bonchev–Trinajstić information content (AvgIpc) is 2.58. The van der Waals surface area contributed by atoms with Crippen molar-refractivity contribution in [3.8, 4) is 6.07 Å². The standard InChI is InChI=1S/C17H18FN5/c1-13-11-23(17-8-14(9-19)2-5-21-17)7-6-22(13)12-15-3-4-20-10-16(15)18/h2-5,8,10,13H,6-7,11-12H2,1H3. The van der Waals surface area contributed by atoms with Gasteiger partial charge in [0.05, 0.1) is 17.8 Å². The van der Waals surface area contributed by atoms with Crippen LogP contribution in [0.5, 0.6) is 0 Å².